The summed E-state index contributed by atoms with van der Waals surface area (Å²) in [5.74, 6) is -1.04. The van der Waals surface area contributed by atoms with Crippen LogP contribution in [-0.2, 0) is 30.3 Å². The molecule has 0 bridgehead atoms. The summed E-state index contributed by atoms with van der Waals surface area (Å²) in [6.45, 7) is 6.51. The van der Waals surface area contributed by atoms with E-state index in [2.05, 4.69) is 10.6 Å². The molecule has 8 nitrogen and oxygen atoms in total. The fraction of sp³-hybridized carbons (Fsp3) is 0.571. The van der Waals surface area contributed by atoms with Crippen molar-refractivity contribution in [1.29, 1.82) is 0 Å². The van der Waals surface area contributed by atoms with Crippen molar-refractivity contribution in [2.24, 2.45) is 5.92 Å². The van der Waals surface area contributed by atoms with Crippen molar-refractivity contribution in [2.45, 2.75) is 57.5 Å². The van der Waals surface area contributed by atoms with Gasteiger partial charge in [-0.3, -0.25) is 15.4 Å². The van der Waals surface area contributed by atoms with Crippen LogP contribution in [0.2, 0.25) is 0 Å². The smallest absolute Gasteiger partial charge is 0.411 e. The minimum Gasteiger partial charge on any atom is -0.444 e. The van der Waals surface area contributed by atoms with E-state index in [-0.39, 0.29) is 0 Å². The van der Waals surface area contributed by atoms with Gasteiger partial charge in [-0.1, -0.05) is 24.3 Å². The van der Waals surface area contributed by atoms with Gasteiger partial charge in [-0.25, -0.2) is 9.59 Å². The maximum Gasteiger partial charge on any atom is 0.411 e. The van der Waals surface area contributed by atoms with E-state index in [1.165, 1.54) is 0 Å². The fourth-order valence-electron chi connectivity index (χ4n) is 3.68. The zero-order valence-corrected chi connectivity index (χ0v) is 17.0. The number of alkyl carbamates (subject to hydrolysis) is 1. The molecule has 1 fully saturated rings. The molecule has 158 valence electrons. The molecule has 2 atom stereocenters. The summed E-state index contributed by atoms with van der Waals surface area (Å²) in [5, 5.41) is 5.63. The van der Waals surface area contributed by atoms with E-state index in [1.807, 2.05) is 24.3 Å². The molecule has 0 saturated carbocycles. The molecule has 3 rings (SSSR count). The second-order valence-electron chi connectivity index (χ2n) is 8.36. The number of nitrogens with one attached hydrogen (secondary N) is 2. The lowest BCUT2D eigenvalue weighted by atomic mass is 9.88. The van der Waals surface area contributed by atoms with Gasteiger partial charge >= 0.3 is 12.1 Å². The van der Waals surface area contributed by atoms with Gasteiger partial charge in [0.2, 0.25) is 5.72 Å². The molecule has 2 N–H and O–H groups in total. The van der Waals surface area contributed by atoms with E-state index in [0.717, 1.165) is 11.1 Å². The number of esters is 1. The van der Waals surface area contributed by atoms with Gasteiger partial charge in [-0.15, -0.1) is 0 Å². The minimum atomic E-state index is -1.82. The molecule has 0 spiro atoms. The summed E-state index contributed by atoms with van der Waals surface area (Å²) in [6.07, 6.45) is 0.613. The molecule has 0 aliphatic carbocycles. The number of hydrogen-bond donors (Lipinski definition) is 2. The highest BCUT2D eigenvalue weighted by atomic mass is 16.6. The average molecular weight is 404 g/mol. The van der Waals surface area contributed by atoms with E-state index in [0.29, 0.717) is 38.9 Å². The number of aldehydes is 1. The highest BCUT2D eigenvalue weighted by molar-refractivity contribution is 5.84. The number of rotatable bonds is 5. The Morgan fingerprint density at radius 2 is 1.86 bits per heavy atom. The quantitative estimate of drug-likeness (QED) is 0.441. The largest absolute Gasteiger partial charge is 0.444 e. The molecule has 1 amide bonds. The topological polar surface area (TPSA) is 103 Å². The van der Waals surface area contributed by atoms with E-state index < -0.39 is 35.3 Å². The van der Waals surface area contributed by atoms with Crippen molar-refractivity contribution >= 4 is 18.3 Å². The van der Waals surface area contributed by atoms with Crippen LogP contribution >= 0.6 is 0 Å². The van der Waals surface area contributed by atoms with Crippen molar-refractivity contribution < 1.29 is 28.6 Å². The average Bonchev–Trinajstić information content (AvgIpc) is 3.11. The lowest BCUT2D eigenvalue weighted by Crippen LogP contribution is -2.60. The first-order valence-corrected chi connectivity index (χ1v) is 9.83. The molecule has 1 saturated heterocycles. The van der Waals surface area contributed by atoms with Crippen LogP contribution in [0.25, 0.3) is 0 Å². The van der Waals surface area contributed by atoms with Gasteiger partial charge in [-0.05, 0) is 44.7 Å². The summed E-state index contributed by atoms with van der Waals surface area (Å²) in [5.41, 5.74) is -0.772. The van der Waals surface area contributed by atoms with Gasteiger partial charge in [0.1, 0.15) is 11.6 Å². The highest BCUT2D eigenvalue weighted by Gasteiger charge is 2.47. The molecule has 1 unspecified atom stereocenters. The molecular formula is C21H28N2O6. The number of ether oxygens (including phenoxy) is 3. The zero-order valence-electron chi connectivity index (χ0n) is 17.0. The van der Waals surface area contributed by atoms with Crippen LogP contribution in [0.3, 0.4) is 0 Å². The Kier molecular flexibility index (Phi) is 6.24. The predicted octanol–water partition coefficient (Wildman–Crippen LogP) is 2.22. The number of benzene rings is 1. The van der Waals surface area contributed by atoms with Crippen LogP contribution in [0.4, 0.5) is 4.79 Å². The molecule has 1 aromatic rings. The molecule has 1 aromatic carbocycles. The Morgan fingerprint density at radius 1 is 1.17 bits per heavy atom. The number of amides is 1. The van der Waals surface area contributed by atoms with Crippen LogP contribution in [-0.4, -0.2) is 42.9 Å². The van der Waals surface area contributed by atoms with E-state index in [1.54, 1.807) is 20.8 Å². The zero-order chi connectivity index (χ0) is 21.1. The maximum absolute atomic E-state index is 13.0. The van der Waals surface area contributed by atoms with Crippen molar-refractivity contribution in [1.82, 2.24) is 10.6 Å². The molecule has 0 aromatic heterocycles. The van der Waals surface area contributed by atoms with Crippen molar-refractivity contribution in [3.63, 3.8) is 0 Å². The van der Waals surface area contributed by atoms with Gasteiger partial charge in [0.25, 0.3) is 0 Å². The SMILES string of the molecule is CC(C)(C)OC(=O)N[C@](C=O)(OC(=O)C1NCc2ccccc21)C1CCOCC1. The molecule has 2 aliphatic heterocycles. The van der Waals surface area contributed by atoms with Crippen molar-refractivity contribution in [3.8, 4) is 0 Å². The highest BCUT2D eigenvalue weighted by Crippen LogP contribution is 2.32. The predicted molar refractivity (Wildman–Crippen MR) is 104 cm³/mol. The Balaban J connectivity index is 1.83. The first-order chi connectivity index (χ1) is 13.7. The first kappa shape index (κ1) is 21.3. The van der Waals surface area contributed by atoms with Crippen LogP contribution < -0.4 is 10.6 Å². The molecule has 0 radical (unpaired) electrons. The Morgan fingerprint density at radius 3 is 2.52 bits per heavy atom. The third-order valence-electron chi connectivity index (χ3n) is 5.07. The summed E-state index contributed by atoms with van der Waals surface area (Å²) >= 11 is 0. The summed E-state index contributed by atoms with van der Waals surface area (Å²) in [6, 6.07) is 6.82. The molecular weight excluding hydrogens is 376 g/mol. The third kappa shape index (κ3) is 4.94. The standard InChI is InChI=1S/C21H28N2O6/c1-20(2,3)29-19(26)23-21(13-24,15-8-10-27-11-9-15)28-18(25)17-16-7-5-4-6-14(16)12-22-17/h4-7,13,15,17,22H,8-12H2,1-3H3,(H,23,26)/t17?,21-/m1/s1. The molecule has 8 heteroatoms. The van der Waals surface area contributed by atoms with Crippen molar-refractivity contribution in [3.05, 3.63) is 35.4 Å². The normalized spacial score (nSPS) is 21.6. The van der Waals surface area contributed by atoms with Crippen molar-refractivity contribution in [2.75, 3.05) is 13.2 Å². The maximum atomic E-state index is 13.0. The van der Waals surface area contributed by atoms with E-state index in [4.69, 9.17) is 14.2 Å². The number of hydrogen-bond acceptors (Lipinski definition) is 7. The summed E-state index contributed by atoms with van der Waals surface area (Å²) in [7, 11) is 0. The van der Waals surface area contributed by atoms with Crippen LogP contribution in [0.5, 0.6) is 0 Å². The minimum absolute atomic E-state index is 0.415. The Hall–Kier alpha value is -2.45. The van der Waals surface area contributed by atoms with E-state index >= 15 is 0 Å². The van der Waals surface area contributed by atoms with Gasteiger partial charge in [0.15, 0.2) is 6.29 Å². The van der Waals surface area contributed by atoms with Gasteiger partial charge in [-0.2, -0.15) is 0 Å². The lowest BCUT2D eigenvalue weighted by molar-refractivity contribution is -0.179. The van der Waals surface area contributed by atoms with Crippen LogP contribution in [0.1, 0.15) is 50.8 Å². The van der Waals surface area contributed by atoms with Gasteiger partial charge in [0.05, 0.1) is 0 Å². The number of fused-ring (bicyclic) bond motifs is 1. The second kappa shape index (κ2) is 8.51. The Labute approximate surface area is 170 Å². The molecule has 29 heavy (non-hydrogen) atoms. The van der Waals surface area contributed by atoms with Gasteiger partial charge in [0, 0.05) is 25.7 Å². The van der Waals surface area contributed by atoms with Crippen LogP contribution in [0, 0.1) is 5.92 Å². The lowest BCUT2D eigenvalue weighted by Gasteiger charge is -2.38. The number of carbonyl (C=O) groups excluding carboxylic acids is 3. The summed E-state index contributed by atoms with van der Waals surface area (Å²) < 4.78 is 16.4. The second-order valence-corrected chi connectivity index (χ2v) is 8.36. The molecule has 2 aliphatic rings. The number of carbonyl (C=O) groups is 3. The van der Waals surface area contributed by atoms with E-state index in [9.17, 15) is 14.4 Å². The van der Waals surface area contributed by atoms with Crippen LogP contribution in [0.15, 0.2) is 24.3 Å². The summed E-state index contributed by atoms with van der Waals surface area (Å²) in [4.78, 5) is 37.7. The first-order valence-electron chi connectivity index (χ1n) is 9.83. The third-order valence-corrected chi connectivity index (χ3v) is 5.07. The van der Waals surface area contributed by atoms with Gasteiger partial charge < -0.3 is 14.2 Å². The Bertz CT molecular complexity index is 769. The fourth-order valence-corrected chi connectivity index (χ4v) is 3.68. The monoisotopic (exact) mass is 404 g/mol. The molecule has 2 heterocycles.